The number of nitrogens with zero attached hydrogens (tertiary/aromatic N) is 2. The van der Waals surface area contributed by atoms with E-state index in [0.29, 0.717) is 11.1 Å². The number of nitro groups is 1. The number of ketones is 1. The molecule has 27 heavy (non-hydrogen) atoms. The van der Waals surface area contributed by atoms with Crippen LogP contribution in [-0.2, 0) is 6.54 Å². The molecule has 0 amide bonds. The van der Waals surface area contributed by atoms with E-state index in [1.54, 1.807) is 12.1 Å². The van der Waals surface area contributed by atoms with Crippen molar-refractivity contribution in [1.82, 2.24) is 4.90 Å². The zero-order valence-electron chi connectivity index (χ0n) is 15.3. The Bertz CT molecular complexity index is 944. The lowest BCUT2D eigenvalue weighted by Gasteiger charge is -2.10. The van der Waals surface area contributed by atoms with Crippen LogP contribution in [0.1, 0.15) is 21.5 Å². The number of benzene rings is 3. The first-order chi connectivity index (χ1) is 12.9. The van der Waals surface area contributed by atoms with Gasteiger partial charge in [-0.25, -0.2) is 0 Å². The molecule has 5 nitrogen and oxygen atoms in total. The summed E-state index contributed by atoms with van der Waals surface area (Å²) in [5.74, 6) is -0.155. The Kier molecular flexibility index (Phi) is 5.43. The molecule has 3 aromatic rings. The van der Waals surface area contributed by atoms with E-state index in [1.807, 2.05) is 26.2 Å². The van der Waals surface area contributed by atoms with Crippen molar-refractivity contribution in [1.29, 1.82) is 0 Å². The van der Waals surface area contributed by atoms with Crippen LogP contribution in [0.2, 0.25) is 0 Å². The average molecular weight is 360 g/mol. The molecule has 0 bridgehead atoms. The molecule has 3 aromatic carbocycles. The highest BCUT2D eigenvalue weighted by Crippen LogP contribution is 2.22. The van der Waals surface area contributed by atoms with Crippen molar-refractivity contribution < 1.29 is 9.72 Å². The van der Waals surface area contributed by atoms with E-state index in [2.05, 4.69) is 29.2 Å². The molecule has 136 valence electrons. The summed E-state index contributed by atoms with van der Waals surface area (Å²) in [7, 11) is 4.07. The number of hydrogen-bond donors (Lipinski definition) is 0. The third kappa shape index (κ3) is 4.46. The largest absolute Gasteiger partial charge is 0.305 e. The van der Waals surface area contributed by atoms with E-state index in [1.165, 1.54) is 29.8 Å². The second-order valence-electron chi connectivity index (χ2n) is 6.65. The summed E-state index contributed by atoms with van der Waals surface area (Å²) in [6.45, 7) is 0.892. The highest BCUT2D eigenvalue weighted by atomic mass is 16.6. The first-order valence-corrected chi connectivity index (χ1v) is 8.57. The van der Waals surface area contributed by atoms with Crippen LogP contribution in [0, 0.1) is 10.1 Å². The van der Waals surface area contributed by atoms with Crippen LogP contribution in [0.15, 0.2) is 72.8 Å². The lowest BCUT2D eigenvalue weighted by atomic mass is 9.98. The van der Waals surface area contributed by atoms with E-state index in [0.717, 1.165) is 17.7 Å². The monoisotopic (exact) mass is 360 g/mol. The quantitative estimate of drug-likeness (QED) is 0.367. The SMILES string of the molecule is CN(C)Cc1ccc(-c2ccc(C(=O)c3ccc([N+](=O)[O-])cc3)cc2)cc1. The van der Waals surface area contributed by atoms with Crippen molar-refractivity contribution >= 4 is 11.5 Å². The number of carbonyl (C=O) groups is 1. The van der Waals surface area contributed by atoms with Crippen molar-refractivity contribution in [2.45, 2.75) is 6.54 Å². The third-order valence-electron chi connectivity index (χ3n) is 4.27. The molecule has 0 radical (unpaired) electrons. The van der Waals surface area contributed by atoms with Gasteiger partial charge in [0.2, 0.25) is 0 Å². The van der Waals surface area contributed by atoms with Crippen LogP contribution in [-0.4, -0.2) is 29.7 Å². The van der Waals surface area contributed by atoms with Gasteiger partial charge in [0.1, 0.15) is 0 Å². The Morgan fingerprint density at radius 1 is 0.815 bits per heavy atom. The van der Waals surface area contributed by atoms with Gasteiger partial charge >= 0.3 is 0 Å². The minimum atomic E-state index is -0.479. The molecule has 0 unspecified atom stereocenters. The van der Waals surface area contributed by atoms with E-state index in [9.17, 15) is 14.9 Å². The molecule has 0 saturated carbocycles. The minimum Gasteiger partial charge on any atom is -0.305 e. The number of nitro benzene ring substituents is 1. The third-order valence-corrected chi connectivity index (χ3v) is 4.27. The first-order valence-electron chi connectivity index (χ1n) is 8.57. The first kappa shape index (κ1) is 18.5. The van der Waals surface area contributed by atoms with Crippen molar-refractivity contribution in [2.24, 2.45) is 0 Å². The van der Waals surface area contributed by atoms with Crippen LogP contribution in [0.5, 0.6) is 0 Å². The molecule has 0 N–H and O–H groups in total. The smallest absolute Gasteiger partial charge is 0.269 e. The molecule has 3 rings (SSSR count). The van der Waals surface area contributed by atoms with Gasteiger partial charge in [-0.15, -0.1) is 0 Å². The second kappa shape index (κ2) is 7.93. The Balaban J connectivity index is 1.76. The van der Waals surface area contributed by atoms with Gasteiger partial charge in [-0.1, -0.05) is 48.5 Å². The van der Waals surface area contributed by atoms with Crippen LogP contribution in [0.4, 0.5) is 5.69 Å². The normalized spacial score (nSPS) is 10.8. The maximum absolute atomic E-state index is 12.5. The molecular formula is C22H20N2O3. The predicted molar refractivity (Wildman–Crippen MR) is 106 cm³/mol. The van der Waals surface area contributed by atoms with Gasteiger partial charge < -0.3 is 4.90 Å². The summed E-state index contributed by atoms with van der Waals surface area (Å²) >= 11 is 0. The topological polar surface area (TPSA) is 63.5 Å². The van der Waals surface area contributed by atoms with E-state index in [-0.39, 0.29) is 11.5 Å². The van der Waals surface area contributed by atoms with E-state index in [4.69, 9.17) is 0 Å². The zero-order valence-corrected chi connectivity index (χ0v) is 15.3. The fraction of sp³-hybridized carbons (Fsp3) is 0.136. The molecule has 0 aliphatic rings. The van der Waals surface area contributed by atoms with Crippen molar-refractivity contribution in [2.75, 3.05) is 14.1 Å². The van der Waals surface area contributed by atoms with Gasteiger partial charge in [-0.05, 0) is 42.9 Å². The molecule has 0 aliphatic carbocycles. The maximum atomic E-state index is 12.5. The number of hydrogen-bond acceptors (Lipinski definition) is 4. The summed E-state index contributed by atoms with van der Waals surface area (Å²) < 4.78 is 0. The Hall–Kier alpha value is -3.31. The van der Waals surface area contributed by atoms with E-state index >= 15 is 0 Å². The van der Waals surface area contributed by atoms with Gasteiger partial charge in [0.25, 0.3) is 5.69 Å². The lowest BCUT2D eigenvalue weighted by molar-refractivity contribution is -0.384. The molecule has 0 aromatic heterocycles. The van der Waals surface area contributed by atoms with Crippen LogP contribution in [0.3, 0.4) is 0 Å². The average Bonchev–Trinajstić information content (AvgIpc) is 2.68. The number of rotatable bonds is 6. The summed E-state index contributed by atoms with van der Waals surface area (Å²) in [6, 6.07) is 21.4. The van der Waals surface area contributed by atoms with Crippen molar-refractivity contribution in [3.8, 4) is 11.1 Å². The van der Waals surface area contributed by atoms with Gasteiger partial charge in [-0.3, -0.25) is 14.9 Å². The fourth-order valence-corrected chi connectivity index (χ4v) is 2.88. The van der Waals surface area contributed by atoms with Gasteiger partial charge in [0, 0.05) is 29.8 Å². The highest BCUT2D eigenvalue weighted by molar-refractivity contribution is 6.09. The van der Waals surface area contributed by atoms with Crippen LogP contribution < -0.4 is 0 Å². The van der Waals surface area contributed by atoms with Crippen LogP contribution in [0.25, 0.3) is 11.1 Å². The molecule has 0 aliphatic heterocycles. The molecule has 0 atom stereocenters. The summed E-state index contributed by atoms with van der Waals surface area (Å²) in [6.07, 6.45) is 0. The van der Waals surface area contributed by atoms with Gasteiger partial charge in [0.05, 0.1) is 4.92 Å². The predicted octanol–water partition coefficient (Wildman–Crippen LogP) is 4.55. The number of carbonyl (C=O) groups excluding carboxylic acids is 1. The summed E-state index contributed by atoms with van der Waals surface area (Å²) in [4.78, 5) is 24.9. The zero-order chi connectivity index (χ0) is 19.4. The minimum absolute atomic E-state index is 0.0281. The van der Waals surface area contributed by atoms with Crippen LogP contribution >= 0.6 is 0 Å². The lowest BCUT2D eigenvalue weighted by Crippen LogP contribution is -2.10. The second-order valence-corrected chi connectivity index (χ2v) is 6.65. The standard InChI is InChI=1S/C22H20N2O3/c1-23(2)15-16-3-5-17(6-4-16)18-7-9-19(10-8-18)22(25)20-11-13-21(14-12-20)24(26)27/h3-14H,15H2,1-2H3. The molecule has 5 heteroatoms. The summed E-state index contributed by atoms with van der Waals surface area (Å²) in [5.41, 5.74) is 4.32. The molecule has 0 heterocycles. The number of non-ortho nitro benzene ring substituents is 1. The van der Waals surface area contributed by atoms with Crippen molar-refractivity contribution in [3.63, 3.8) is 0 Å². The molecule has 0 spiro atoms. The molecular weight excluding hydrogens is 340 g/mol. The van der Waals surface area contributed by atoms with Gasteiger partial charge in [-0.2, -0.15) is 0 Å². The maximum Gasteiger partial charge on any atom is 0.269 e. The van der Waals surface area contributed by atoms with Crippen molar-refractivity contribution in [3.05, 3.63) is 99.6 Å². The molecule has 0 fully saturated rings. The molecule has 0 saturated heterocycles. The summed E-state index contributed by atoms with van der Waals surface area (Å²) in [5, 5.41) is 10.7. The fourth-order valence-electron chi connectivity index (χ4n) is 2.88. The Morgan fingerprint density at radius 2 is 1.26 bits per heavy atom. The van der Waals surface area contributed by atoms with Gasteiger partial charge in [0.15, 0.2) is 5.78 Å². The highest BCUT2D eigenvalue weighted by Gasteiger charge is 2.12. The Labute approximate surface area is 158 Å². The van der Waals surface area contributed by atoms with E-state index < -0.39 is 4.92 Å². The Morgan fingerprint density at radius 3 is 1.70 bits per heavy atom.